The second-order valence-corrected chi connectivity index (χ2v) is 2.01. The van der Waals surface area contributed by atoms with Crippen LogP contribution in [0.4, 0.5) is 0 Å². The van der Waals surface area contributed by atoms with E-state index >= 15 is 0 Å². The first-order valence-corrected chi connectivity index (χ1v) is 3.52. The number of hydrogen-bond donors (Lipinski definition) is 1. The lowest BCUT2D eigenvalue weighted by atomic mass is 10.4. The van der Waals surface area contributed by atoms with E-state index in [-0.39, 0.29) is 0 Å². The summed E-state index contributed by atoms with van der Waals surface area (Å²) in [6.07, 6.45) is 2.73. The molecule has 0 bridgehead atoms. The second kappa shape index (κ2) is 4.96. The Labute approximate surface area is 69.7 Å². The van der Waals surface area contributed by atoms with E-state index in [1.807, 2.05) is 36.4 Å². The van der Waals surface area contributed by atoms with Gasteiger partial charge in [0.15, 0.2) is 0 Å². The molecule has 0 saturated carbocycles. The monoisotopic (exact) mass is 163 g/mol. The minimum atomic E-state index is -0.407. The third kappa shape index (κ3) is 3.41. The van der Waals surface area contributed by atoms with Gasteiger partial charge in [0.2, 0.25) is 0 Å². The number of hydrogen-bond acceptors (Lipinski definition) is 2. The zero-order valence-electron chi connectivity index (χ0n) is 6.44. The fraction of sp³-hybridized carbons (Fsp3) is 0. The molecular weight excluding hydrogens is 154 g/mol. The molecule has 0 aliphatic rings. The van der Waals surface area contributed by atoms with Gasteiger partial charge in [-0.25, -0.2) is 4.79 Å². The van der Waals surface area contributed by atoms with Crippen molar-refractivity contribution in [1.82, 2.24) is 4.98 Å². The van der Waals surface area contributed by atoms with Crippen LogP contribution in [0, 0.1) is 0 Å². The highest BCUT2D eigenvalue weighted by Gasteiger charge is 1.72. The molecule has 2 aromatic rings. The van der Waals surface area contributed by atoms with Crippen molar-refractivity contribution in [3.63, 3.8) is 0 Å². The first-order valence-electron chi connectivity index (χ1n) is 3.52. The molecule has 3 heteroatoms. The fourth-order valence-electron chi connectivity index (χ4n) is 0.617. The van der Waals surface area contributed by atoms with Crippen LogP contribution < -0.4 is 5.76 Å². The summed E-state index contributed by atoms with van der Waals surface area (Å²) in [4.78, 5) is 12.1. The molecule has 0 spiro atoms. The van der Waals surface area contributed by atoms with Crippen LogP contribution in [0.1, 0.15) is 0 Å². The summed E-state index contributed by atoms with van der Waals surface area (Å²) in [5.74, 6) is -0.407. The van der Waals surface area contributed by atoms with Crippen LogP contribution >= 0.6 is 0 Å². The van der Waals surface area contributed by atoms with Gasteiger partial charge in [0.05, 0.1) is 0 Å². The van der Waals surface area contributed by atoms with E-state index in [1.165, 1.54) is 12.5 Å². The Bertz CT molecular complexity index is 293. The topological polar surface area (TPSA) is 46.0 Å². The van der Waals surface area contributed by atoms with Crippen LogP contribution in [0.25, 0.3) is 0 Å². The van der Waals surface area contributed by atoms with E-state index in [4.69, 9.17) is 0 Å². The van der Waals surface area contributed by atoms with E-state index in [0.717, 1.165) is 0 Å². The summed E-state index contributed by atoms with van der Waals surface area (Å²) >= 11 is 0. The molecule has 12 heavy (non-hydrogen) atoms. The molecule has 1 heterocycles. The minimum absolute atomic E-state index is 0.407. The van der Waals surface area contributed by atoms with Crippen LogP contribution in [0.5, 0.6) is 0 Å². The standard InChI is InChI=1S/C6H6.C3H3NO2/c1-2-4-6-5-3-1;5-3-4-1-2-6-3/h1-6H;1-2H,(H,4,5). The van der Waals surface area contributed by atoms with E-state index in [1.54, 1.807) is 0 Å². The predicted octanol–water partition coefficient (Wildman–Crippen LogP) is 1.65. The quantitative estimate of drug-likeness (QED) is 0.641. The van der Waals surface area contributed by atoms with Crippen LogP contribution in [0.2, 0.25) is 0 Å². The van der Waals surface area contributed by atoms with Gasteiger partial charge in [-0.2, -0.15) is 0 Å². The highest BCUT2D eigenvalue weighted by Crippen LogP contribution is 1.79. The lowest BCUT2D eigenvalue weighted by molar-refractivity contribution is 0.515. The van der Waals surface area contributed by atoms with Gasteiger partial charge < -0.3 is 4.42 Å². The molecule has 0 atom stereocenters. The van der Waals surface area contributed by atoms with Gasteiger partial charge in [-0.15, -0.1) is 0 Å². The highest BCUT2D eigenvalue weighted by atomic mass is 16.4. The molecule has 0 saturated heterocycles. The summed E-state index contributed by atoms with van der Waals surface area (Å²) in [6.45, 7) is 0. The number of nitrogens with one attached hydrogen (secondary N) is 1. The van der Waals surface area contributed by atoms with Crippen LogP contribution in [-0.2, 0) is 0 Å². The van der Waals surface area contributed by atoms with Gasteiger partial charge in [0, 0.05) is 6.20 Å². The molecule has 0 amide bonds. The van der Waals surface area contributed by atoms with Crippen molar-refractivity contribution in [3.05, 3.63) is 59.4 Å². The maximum absolute atomic E-state index is 9.85. The molecule has 3 nitrogen and oxygen atoms in total. The van der Waals surface area contributed by atoms with E-state index in [9.17, 15) is 4.79 Å². The second-order valence-electron chi connectivity index (χ2n) is 2.01. The molecular formula is C9H9NO2. The maximum atomic E-state index is 9.85. The van der Waals surface area contributed by atoms with E-state index in [0.29, 0.717) is 0 Å². The van der Waals surface area contributed by atoms with Crippen LogP contribution in [0.15, 0.2) is 58.1 Å². The van der Waals surface area contributed by atoms with Gasteiger partial charge in [0.25, 0.3) is 0 Å². The zero-order chi connectivity index (χ0) is 8.65. The molecule has 62 valence electrons. The third-order valence-corrected chi connectivity index (χ3v) is 1.11. The molecule has 1 aromatic carbocycles. The van der Waals surface area contributed by atoms with Crippen LogP contribution in [0.3, 0.4) is 0 Å². The van der Waals surface area contributed by atoms with Crippen molar-refractivity contribution < 1.29 is 4.42 Å². The lowest BCUT2D eigenvalue weighted by Gasteiger charge is -1.69. The van der Waals surface area contributed by atoms with Gasteiger partial charge in [-0.1, -0.05) is 36.4 Å². The number of aromatic nitrogens is 1. The Kier molecular flexibility index (Phi) is 3.44. The molecule has 0 fully saturated rings. The first-order chi connectivity index (χ1) is 5.89. The lowest BCUT2D eigenvalue weighted by Crippen LogP contribution is -1.91. The number of rotatable bonds is 0. The number of H-pyrrole nitrogens is 1. The summed E-state index contributed by atoms with van der Waals surface area (Å²) in [5, 5.41) is 0. The molecule has 1 aromatic heterocycles. The molecule has 0 aliphatic heterocycles. The molecule has 0 radical (unpaired) electrons. The first kappa shape index (κ1) is 8.33. The normalized spacial score (nSPS) is 8.33. The van der Waals surface area contributed by atoms with Crippen molar-refractivity contribution >= 4 is 0 Å². The van der Waals surface area contributed by atoms with E-state index in [2.05, 4.69) is 9.40 Å². The predicted molar refractivity (Wildman–Crippen MR) is 45.8 cm³/mol. The Hall–Kier alpha value is -1.77. The van der Waals surface area contributed by atoms with Crippen molar-refractivity contribution in [2.75, 3.05) is 0 Å². The third-order valence-electron chi connectivity index (χ3n) is 1.11. The smallest absolute Gasteiger partial charge is 0.416 e. The van der Waals surface area contributed by atoms with Crippen molar-refractivity contribution in [1.29, 1.82) is 0 Å². The minimum Gasteiger partial charge on any atom is -0.417 e. The average molecular weight is 163 g/mol. The zero-order valence-corrected chi connectivity index (χ0v) is 6.44. The summed E-state index contributed by atoms with van der Waals surface area (Å²) in [5.41, 5.74) is 0. The number of oxazole rings is 1. The van der Waals surface area contributed by atoms with E-state index < -0.39 is 5.76 Å². The van der Waals surface area contributed by atoms with Crippen molar-refractivity contribution in [3.8, 4) is 0 Å². The number of aromatic amines is 1. The van der Waals surface area contributed by atoms with Crippen LogP contribution in [-0.4, -0.2) is 4.98 Å². The Morgan fingerprint density at radius 3 is 1.67 bits per heavy atom. The van der Waals surface area contributed by atoms with Crippen molar-refractivity contribution in [2.45, 2.75) is 0 Å². The maximum Gasteiger partial charge on any atom is 0.416 e. The molecule has 1 N–H and O–H groups in total. The molecule has 0 aliphatic carbocycles. The average Bonchev–Trinajstić information content (AvgIpc) is 2.60. The van der Waals surface area contributed by atoms with Crippen molar-refractivity contribution in [2.24, 2.45) is 0 Å². The number of benzene rings is 1. The Balaban J connectivity index is 0.000000120. The molecule has 2 rings (SSSR count). The van der Waals surface area contributed by atoms with Gasteiger partial charge in [0.1, 0.15) is 6.26 Å². The fourth-order valence-corrected chi connectivity index (χ4v) is 0.617. The van der Waals surface area contributed by atoms with Gasteiger partial charge in [-0.05, 0) is 0 Å². The summed E-state index contributed by atoms with van der Waals surface area (Å²) in [7, 11) is 0. The Morgan fingerprint density at radius 1 is 1.00 bits per heavy atom. The molecule has 0 unspecified atom stereocenters. The largest absolute Gasteiger partial charge is 0.417 e. The summed E-state index contributed by atoms with van der Waals surface area (Å²) in [6, 6.07) is 12.0. The SMILES string of the molecule is O=c1[nH]cco1.c1ccccc1. The summed E-state index contributed by atoms with van der Waals surface area (Å²) < 4.78 is 4.22. The van der Waals surface area contributed by atoms with Gasteiger partial charge in [-0.3, -0.25) is 4.98 Å². The van der Waals surface area contributed by atoms with Gasteiger partial charge >= 0.3 is 5.76 Å². The highest BCUT2D eigenvalue weighted by molar-refractivity contribution is 4.99. The Morgan fingerprint density at radius 2 is 1.50 bits per heavy atom.